The maximum Gasteiger partial charge on any atom is 0.417 e. The zero-order valence-corrected chi connectivity index (χ0v) is 11.8. The van der Waals surface area contributed by atoms with Gasteiger partial charge in [-0.2, -0.15) is 17.5 Å². The van der Waals surface area contributed by atoms with Gasteiger partial charge in [0.05, 0.1) is 10.5 Å². The smallest absolute Gasteiger partial charge is 0.365 e. The van der Waals surface area contributed by atoms with Crippen LogP contribution in [0.2, 0.25) is 0 Å². The highest BCUT2D eigenvalue weighted by molar-refractivity contribution is 7.82. The summed E-state index contributed by atoms with van der Waals surface area (Å²) in [4.78, 5) is -0.205. The average molecular weight is 307 g/mol. The summed E-state index contributed by atoms with van der Waals surface area (Å²) in [6, 6.07) is 4.99. The van der Waals surface area contributed by atoms with Crippen LogP contribution in [-0.2, 0) is 21.9 Å². The number of methoxy groups -OCH3 is 1. The van der Waals surface area contributed by atoms with Crippen LogP contribution < -0.4 is 0 Å². The molecule has 1 aliphatic heterocycles. The number of nitrogens with zero attached hydrogens (tertiary/aromatic N) is 1. The zero-order valence-electron chi connectivity index (χ0n) is 11.0. The van der Waals surface area contributed by atoms with Crippen molar-refractivity contribution in [1.82, 2.24) is 4.31 Å². The lowest BCUT2D eigenvalue weighted by Gasteiger charge is -2.33. The Morgan fingerprint density at radius 2 is 2.00 bits per heavy atom. The van der Waals surface area contributed by atoms with Crippen molar-refractivity contribution in [3.8, 4) is 0 Å². The van der Waals surface area contributed by atoms with Crippen LogP contribution in [0.3, 0.4) is 0 Å². The molecule has 1 unspecified atom stereocenters. The minimum absolute atomic E-state index is 0.205. The number of alkyl halides is 3. The first-order valence-electron chi connectivity index (χ1n) is 6.32. The van der Waals surface area contributed by atoms with Crippen molar-refractivity contribution >= 4 is 11.0 Å². The fraction of sp³-hybridized carbons (Fsp3) is 0.538. The number of hydrogen-bond donors (Lipinski definition) is 0. The minimum Gasteiger partial charge on any atom is -0.365 e. The predicted molar refractivity (Wildman–Crippen MR) is 69.2 cm³/mol. The van der Waals surface area contributed by atoms with E-state index in [1.807, 2.05) is 0 Å². The van der Waals surface area contributed by atoms with Crippen molar-refractivity contribution in [2.24, 2.45) is 0 Å². The molecule has 1 aliphatic rings. The van der Waals surface area contributed by atoms with Crippen LogP contribution in [0.25, 0.3) is 0 Å². The SMILES string of the molecule is CO[C@@H]1CCCCN1S(=O)c1ccccc1C(F)(F)F. The molecule has 2 atom stereocenters. The fourth-order valence-electron chi connectivity index (χ4n) is 2.28. The van der Waals surface area contributed by atoms with Crippen LogP contribution in [0.15, 0.2) is 29.2 Å². The van der Waals surface area contributed by atoms with Crippen LogP contribution in [-0.4, -0.2) is 28.4 Å². The lowest BCUT2D eigenvalue weighted by atomic mass is 10.1. The molecule has 1 saturated heterocycles. The Bertz CT molecular complexity index is 493. The molecular formula is C13H16F3NO2S. The molecule has 1 aromatic carbocycles. The Hall–Kier alpha value is -0.920. The molecule has 1 aromatic rings. The third-order valence-electron chi connectivity index (χ3n) is 3.27. The standard InChI is InChI=1S/C13H16F3NO2S/c1-19-12-8-4-5-9-17(12)20(18)11-7-3-2-6-10(11)13(14,15)16/h2-3,6-7,12H,4-5,8-9H2,1H3/t12-,20?/m1/s1. The van der Waals surface area contributed by atoms with E-state index in [-0.39, 0.29) is 4.90 Å². The lowest BCUT2D eigenvalue weighted by molar-refractivity contribution is -0.139. The molecular weight excluding hydrogens is 291 g/mol. The van der Waals surface area contributed by atoms with Crippen molar-refractivity contribution in [3.63, 3.8) is 0 Å². The van der Waals surface area contributed by atoms with E-state index in [1.54, 1.807) is 0 Å². The van der Waals surface area contributed by atoms with Gasteiger partial charge in [0.25, 0.3) is 0 Å². The van der Waals surface area contributed by atoms with Crippen molar-refractivity contribution in [3.05, 3.63) is 29.8 Å². The molecule has 1 fully saturated rings. The molecule has 7 heteroatoms. The highest BCUT2D eigenvalue weighted by Gasteiger charge is 2.37. The van der Waals surface area contributed by atoms with Gasteiger partial charge in [-0.15, -0.1) is 0 Å². The van der Waals surface area contributed by atoms with E-state index in [9.17, 15) is 17.4 Å². The van der Waals surface area contributed by atoms with Crippen LogP contribution in [0.4, 0.5) is 13.2 Å². The molecule has 0 aromatic heterocycles. The molecule has 0 amide bonds. The summed E-state index contributed by atoms with van der Waals surface area (Å²) in [6.45, 7) is 0.470. The quantitative estimate of drug-likeness (QED) is 0.858. The predicted octanol–water partition coefficient (Wildman–Crippen LogP) is 3.19. The summed E-state index contributed by atoms with van der Waals surface area (Å²) in [7, 11) is -0.388. The summed E-state index contributed by atoms with van der Waals surface area (Å²) in [6.07, 6.45) is -2.50. The molecule has 0 radical (unpaired) electrons. The van der Waals surface area contributed by atoms with Gasteiger partial charge in [0, 0.05) is 13.7 Å². The van der Waals surface area contributed by atoms with Gasteiger partial charge in [0.1, 0.15) is 17.2 Å². The van der Waals surface area contributed by atoms with Gasteiger partial charge in [-0.25, -0.2) is 4.21 Å². The Kier molecular flexibility index (Phi) is 4.82. The van der Waals surface area contributed by atoms with E-state index in [4.69, 9.17) is 4.74 Å². The van der Waals surface area contributed by atoms with E-state index in [1.165, 1.54) is 29.6 Å². The highest BCUT2D eigenvalue weighted by Crippen LogP contribution is 2.35. The topological polar surface area (TPSA) is 29.5 Å². The van der Waals surface area contributed by atoms with Crippen molar-refractivity contribution < 1.29 is 22.1 Å². The number of ether oxygens (including phenoxy) is 1. The van der Waals surface area contributed by atoms with Crippen LogP contribution in [0, 0.1) is 0 Å². The molecule has 112 valence electrons. The van der Waals surface area contributed by atoms with Gasteiger partial charge in [0.15, 0.2) is 0 Å². The summed E-state index contributed by atoms with van der Waals surface area (Å²) in [5, 5.41) is 0. The molecule has 20 heavy (non-hydrogen) atoms. The second-order valence-electron chi connectivity index (χ2n) is 4.57. The molecule has 0 saturated carbocycles. The van der Waals surface area contributed by atoms with Crippen LogP contribution in [0.1, 0.15) is 24.8 Å². The molecule has 0 N–H and O–H groups in total. The number of piperidine rings is 1. The first-order chi connectivity index (χ1) is 9.45. The van der Waals surface area contributed by atoms with Gasteiger partial charge in [-0.1, -0.05) is 12.1 Å². The number of hydrogen-bond acceptors (Lipinski definition) is 2. The van der Waals surface area contributed by atoms with Gasteiger partial charge in [-0.3, -0.25) is 0 Å². The molecule has 0 spiro atoms. The van der Waals surface area contributed by atoms with Crippen LogP contribution in [0.5, 0.6) is 0 Å². The average Bonchev–Trinajstić information content (AvgIpc) is 2.45. The van der Waals surface area contributed by atoms with E-state index in [0.29, 0.717) is 13.0 Å². The second-order valence-corrected chi connectivity index (χ2v) is 5.98. The maximum absolute atomic E-state index is 13.0. The molecule has 3 nitrogen and oxygen atoms in total. The van der Waals surface area contributed by atoms with Gasteiger partial charge >= 0.3 is 6.18 Å². The number of benzene rings is 1. The van der Waals surface area contributed by atoms with Crippen molar-refractivity contribution in [2.75, 3.05) is 13.7 Å². The third-order valence-corrected chi connectivity index (χ3v) is 4.84. The van der Waals surface area contributed by atoms with Crippen molar-refractivity contribution in [2.45, 2.75) is 36.6 Å². The fourth-order valence-corrected chi connectivity index (χ4v) is 3.80. The summed E-state index contributed by atoms with van der Waals surface area (Å²) < 4.78 is 58.1. The Labute approximate surface area is 118 Å². The summed E-state index contributed by atoms with van der Waals surface area (Å²) in [5.41, 5.74) is -0.848. The molecule has 1 heterocycles. The normalized spacial score (nSPS) is 22.7. The Morgan fingerprint density at radius 1 is 1.30 bits per heavy atom. The van der Waals surface area contributed by atoms with E-state index < -0.39 is 29.0 Å². The summed E-state index contributed by atoms with van der Waals surface area (Å²) in [5.74, 6) is 0. The van der Waals surface area contributed by atoms with Gasteiger partial charge < -0.3 is 4.74 Å². The van der Waals surface area contributed by atoms with E-state index >= 15 is 0 Å². The second kappa shape index (κ2) is 6.24. The molecule has 0 aliphatic carbocycles. The zero-order chi connectivity index (χ0) is 14.8. The van der Waals surface area contributed by atoms with E-state index in [2.05, 4.69) is 0 Å². The maximum atomic E-state index is 13.0. The highest BCUT2D eigenvalue weighted by atomic mass is 32.2. The first-order valence-corrected chi connectivity index (χ1v) is 7.43. The molecule has 2 rings (SSSR count). The monoisotopic (exact) mass is 307 g/mol. The number of rotatable bonds is 3. The number of halogens is 3. The molecule has 0 bridgehead atoms. The lowest BCUT2D eigenvalue weighted by Crippen LogP contribution is -2.42. The first kappa shape index (κ1) is 15.5. The van der Waals surface area contributed by atoms with Gasteiger partial charge in [-0.05, 0) is 31.4 Å². The Balaban J connectivity index is 2.33. The minimum atomic E-state index is -4.51. The summed E-state index contributed by atoms with van der Waals surface area (Å²) >= 11 is 0. The van der Waals surface area contributed by atoms with Crippen LogP contribution >= 0.6 is 0 Å². The Morgan fingerprint density at radius 3 is 2.65 bits per heavy atom. The van der Waals surface area contributed by atoms with Gasteiger partial charge in [0.2, 0.25) is 0 Å². The third kappa shape index (κ3) is 3.21. The van der Waals surface area contributed by atoms with E-state index in [0.717, 1.165) is 18.9 Å². The van der Waals surface area contributed by atoms with Crippen molar-refractivity contribution in [1.29, 1.82) is 0 Å². The largest absolute Gasteiger partial charge is 0.417 e.